The number of ether oxygens (including phenoxy) is 3. The summed E-state index contributed by atoms with van der Waals surface area (Å²) in [6.45, 7) is 8.60. The van der Waals surface area contributed by atoms with Crippen molar-refractivity contribution in [3.05, 3.63) is 54.1 Å². The lowest BCUT2D eigenvalue weighted by molar-refractivity contribution is 0.0506. The molecule has 0 fully saturated rings. The van der Waals surface area contributed by atoms with Crippen molar-refractivity contribution in [2.75, 3.05) is 19.0 Å². The Morgan fingerprint density at radius 1 is 1.10 bits per heavy atom. The van der Waals surface area contributed by atoms with Gasteiger partial charge in [-0.1, -0.05) is 37.3 Å². The Morgan fingerprint density at radius 2 is 1.83 bits per heavy atom. The zero-order valence-corrected chi connectivity index (χ0v) is 18.0. The van der Waals surface area contributed by atoms with E-state index in [-0.39, 0.29) is 6.04 Å². The molecule has 6 nitrogen and oxygen atoms in total. The molecule has 0 radical (unpaired) electrons. The molecule has 1 atom stereocenters. The Hall–Kier alpha value is -2.89. The summed E-state index contributed by atoms with van der Waals surface area (Å²) in [6.07, 6.45) is 0.357. The zero-order valence-electron chi connectivity index (χ0n) is 18.0. The molecular formula is C23H32N2O4. The summed E-state index contributed by atoms with van der Waals surface area (Å²) >= 11 is 0. The predicted octanol–water partition coefficient (Wildman–Crippen LogP) is 4.99. The van der Waals surface area contributed by atoms with Crippen molar-refractivity contribution in [3.63, 3.8) is 0 Å². The minimum absolute atomic E-state index is 0.0661. The van der Waals surface area contributed by atoms with E-state index in [1.165, 1.54) is 0 Å². The van der Waals surface area contributed by atoms with Gasteiger partial charge in [-0.25, -0.2) is 4.79 Å². The number of carbonyl (C=O) groups excluding carboxylic acids is 1. The fourth-order valence-electron chi connectivity index (χ4n) is 2.65. The van der Waals surface area contributed by atoms with Crippen LogP contribution < -0.4 is 20.1 Å². The third kappa shape index (κ3) is 7.94. The number of hydrogen-bond donors (Lipinski definition) is 2. The van der Waals surface area contributed by atoms with E-state index < -0.39 is 11.7 Å². The van der Waals surface area contributed by atoms with E-state index in [0.717, 1.165) is 23.4 Å². The minimum atomic E-state index is -0.519. The highest BCUT2D eigenvalue weighted by atomic mass is 16.6. The summed E-state index contributed by atoms with van der Waals surface area (Å²) in [7, 11) is 1.62. The maximum Gasteiger partial charge on any atom is 0.407 e. The second-order valence-electron chi connectivity index (χ2n) is 7.77. The lowest BCUT2D eigenvalue weighted by Gasteiger charge is -2.24. The van der Waals surface area contributed by atoms with E-state index in [2.05, 4.69) is 10.6 Å². The topological polar surface area (TPSA) is 68.8 Å². The summed E-state index contributed by atoms with van der Waals surface area (Å²) in [5, 5.41) is 6.23. The molecule has 0 saturated carbocycles. The van der Waals surface area contributed by atoms with Gasteiger partial charge in [-0.05, 0) is 44.9 Å². The molecule has 0 spiro atoms. The van der Waals surface area contributed by atoms with Crippen LogP contribution in [0, 0.1) is 0 Å². The fourth-order valence-corrected chi connectivity index (χ4v) is 2.65. The molecule has 2 aromatic rings. The van der Waals surface area contributed by atoms with Gasteiger partial charge in [0.25, 0.3) is 0 Å². The largest absolute Gasteiger partial charge is 0.494 e. The first-order chi connectivity index (χ1) is 13.8. The van der Waals surface area contributed by atoms with E-state index in [0.29, 0.717) is 18.9 Å². The van der Waals surface area contributed by atoms with Gasteiger partial charge >= 0.3 is 6.09 Å². The molecule has 158 valence electrons. The van der Waals surface area contributed by atoms with E-state index in [4.69, 9.17) is 14.2 Å². The predicted molar refractivity (Wildman–Crippen MR) is 116 cm³/mol. The lowest BCUT2D eigenvalue weighted by atomic mass is 10.2. The van der Waals surface area contributed by atoms with Crippen LogP contribution in [0.15, 0.2) is 48.5 Å². The van der Waals surface area contributed by atoms with Gasteiger partial charge in [0.05, 0.1) is 12.8 Å². The first-order valence-corrected chi connectivity index (χ1v) is 9.89. The molecule has 1 amide bonds. The fraction of sp³-hybridized carbons (Fsp3) is 0.435. The number of hydrogen-bond acceptors (Lipinski definition) is 5. The van der Waals surface area contributed by atoms with Crippen LogP contribution in [0.1, 0.15) is 39.7 Å². The molecule has 2 N–H and O–H groups in total. The highest BCUT2D eigenvalue weighted by Crippen LogP contribution is 2.29. The van der Waals surface area contributed by atoms with Crippen molar-refractivity contribution in [2.24, 2.45) is 0 Å². The summed E-state index contributed by atoms with van der Waals surface area (Å²) < 4.78 is 16.7. The number of anilines is 1. The third-order valence-corrected chi connectivity index (χ3v) is 4.17. The van der Waals surface area contributed by atoms with Gasteiger partial charge in [-0.2, -0.15) is 0 Å². The first kappa shape index (κ1) is 22.4. The van der Waals surface area contributed by atoms with Gasteiger partial charge < -0.3 is 24.8 Å². The molecule has 0 aliphatic rings. The molecule has 0 aromatic heterocycles. The summed E-state index contributed by atoms with van der Waals surface area (Å²) in [5.41, 5.74) is 1.42. The quantitative estimate of drug-likeness (QED) is 0.621. The zero-order chi connectivity index (χ0) is 21.3. The SMILES string of the molecule is CC[C@@H](CNc1ccc(OCc2ccccc2)cc1OC)NC(=O)OC(C)(C)C. The van der Waals surface area contributed by atoms with Crippen molar-refractivity contribution in [3.8, 4) is 11.5 Å². The van der Waals surface area contributed by atoms with Crippen molar-refractivity contribution in [2.45, 2.75) is 52.4 Å². The Bertz CT molecular complexity index is 772. The summed E-state index contributed by atoms with van der Waals surface area (Å²) in [6, 6.07) is 15.6. The Kier molecular flexibility index (Phi) is 8.19. The summed E-state index contributed by atoms with van der Waals surface area (Å²) in [4.78, 5) is 12.0. The standard InChI is InChI=1S/C23H32N2O4/c1-6-18(25-22(26)29-23(2,3)4)15-24-20-13-12-19(14-21(20)27-5)28-16-17-10-8-7-9-11-17/h7-14,18,24H,6,15-16H2,1-5H3,(H,25,26)/t18-/m0/s1. The van der Waals surface area contributed by atoms with E-state index in [9.17, 15) is 4.79 Å². The van der Waals surface area contributed by atoms with Crippen LogP contribution in [-0.2, 0) is 11.3 Å². The van der Waals surface area contributed by atoms with E-state index in [1.807, 2.05) is 76.2 Å². The number of methoxy groups -OCH3 is 1. The maximum absolute atomic E-state index is 12.0. The average molecular weight is 401 g/mol. The normalized spacial score (nSPS) is 12.0. The number of carbonyl (C=O) groups is 1. The van der Waals surface area contributed by atoms with Crippen LogP contribution in [0.2, 0.25) is 0 Å². The van der Waals surface area contributed by atoms with E-state index >= 15 is 0 Å². The molecule has 29 heavy (non-hydrogen) atoms. The van der Waals surface area contributed by atoms with Crippen LogP contribution in [0.5, 0.6) is 11.5 Å². The number of alkyl carbamates (subject to hydrolysis) is 1. The van der Waals surface area contributed by atoms with Crippen LogP contribution in [-0.4, -0.2) is 31.4 Å². The van der Waals surface area contributed by atoms with Gasteiger partial charge in [0.1, 0.15) is 23.7 Å². The first-order valence-electron chi connectivity index (χ1n) is 9.89. The molecule has 0 aliphatic heterocycles. The van der Waals surface area contributed by atoms with Crippen molar-refractivity contribution in [1.29, 1.82) is 0 Å². The van der Waals surface area contributed by atoms with Crippen LogP contribution >= 0.6 is 0 Å². The van der Waals surface area contributed by atoms with E-state index in [1.54, 1.807) is 7.11 Å². The van der Waals surface area contributed by atoms with Crippen LogP contribution in [0.25, 0.3) is 0 Å². The Morgan fingerprint density at radius 3 is 2.45 bits per heavy atom. The molecule has 0 bridgehead atoms. The van der Waals surface area contributed by atoms with Gasteiger partial charge in [-0.15, -0.1) is 0 Å². The van der Waals surface area contributed by atoms with Crippen molar-refractivity contribution in [1.82, 2.24) is 5.32 Å². The summed E-state index contributed by atoms with van der Waals surface area (Å²) in [5.74, 6) is 1.41. The highest BCUT2D eigenvalue weighted by Gasteiger charge is 2.19. The smallest absolute Gasteiger partial charge is 0.407 e. The minimum Gasteiger partial charge on any atom is -0.494 e. The van der Waals surface area contributed by atoms with Crippen LogP contribution in [0.4, 0.5) is 10.5 Å². The van der Waals surface area contributed by atoms with Crippen LogP contribution in [0.3, 0.4) is 0 Å². The number of rotatable bonds is 9. The van der Waals surface area contributed by atoms with Crippen molar-refractivity contribution >= 4 is 11.8 Å². The molecule has 0 heterocycles. The second kappa shape index (κ2) is 10.6. The third-order valence-electron chi connectivity index (χ3n) is 4.17. The van der Waals surface area contributed by atoms with Gasteiger partial charge in [0.2, 0.25) is 0 Å². The van der Waals surface area contributed by atoms with Crippen molar-refractivity contribution < 1.29 is 19.0 Å². The molecule has 0 unspecified atom stereocenters. The second-order valence-corrected chi connectivity index (χ2v) is 7.77. The van der Waals surface area contributed by atoms with Gasteiger partial charge in [0.15, 0.2) is 0 Å². The molecule has 6 heteroatoms. The Balaban J connectivity index is 1.92. The molecule has 0 aliphatic carbocycles. The highest BCUT2D eigenvalue weighted by molar-refractivity contribution is 5.68. The molecule has 2 aromatic carbocycles. The molecular weight excluding hydrogens is 368 g/mol. The van der Waals surface area contributed by atoms with Gasteiger partial charge in [-0.3, -0.25) is 0 Å². The average Bonchev–Trinajstić information content (AvgIpc) is 2.69. The molecule has 2 rings (SSSR count). The molecule has 0 saturated heterocycles. The lowest BCUT2D eigenvalue weighted by Crippen LogP contribution is -2.42. The number of amides is 1. The van der Waals surface area contributed by atoms with Gasteiger partial charge in [0, 0.05) is 18.7 Å². The monoisotopic (exact) mass is 400 g/mol. The Labute approximate surface area is 173 Å². The number of benzene rings is 2. The number of nitrogens with one attached hydrogen (secondary N) is 2. The maximum atomic E-state index is 12.0.